The molecule has 208 valence electrons. The minimum absolute atomic E-state index is 0.0331. The highest BCUT2D eigenvalue weighted by atomic mass is 32.2. The first-order valence-corrected chi connectivity index (χ1v) is 15.0. The van der Waals surface area contributed by atoms with Crippen molar-refractivity contribution in [2.24, 2.45) is 0 Å². The van der Waals surface area contributed by atoms with E-state index in [1.807, 2.05) is 32.0 Å². The highest BCUT2D eigenvalue weighted by Crippen LogP contribution is 2.41. The van der Waals surface area contributed by atoms with Gasteiger partial charge in [0.25, 0.3) is 16.0 Å². The molecule has 2 aliphatic rings. The number of aromatic nitrogens is 1. The van der Waals surface area contributed by atoms with Gasteiger partial charge in [-0.1, -0.05) is 48.0 Å². The highest BCUT2D eigenvalue weighted by Gasteiger charge is 2.39. The molecule has 40 heavy (non-hydrogen) atoms. The lowest BCUT2D eigenvalue weighted by Crippen LogP contribution is -2.48. The van der Waals surface area contributed by atoms with Crippen LogP contribution in [0.1, 0.15) is 35.3 Å². The van der Waals surface area contributed by atoms with Crippen LogP contribution in [0.25, 0.3) is 10.9 Å². The Bertz CT molecular complexity index is 1620. The van der Waals surface area contributed by atoms with Crippen molar-refractivity contribution in [3.05, 3.63) is 95.2 Å². The Balaban J connectivity index is 1.33. The number of H-pyrrole nitrogens is 1. The molecular weight excluding hydrogens is 526 g/mol. The molecule has 1 aromatic heterocycles. The SMILES string of the molecule is Cc1ccc(S(=O)(=O)OCC(=O)N2[C@@H](c3ccc(N4CCOCC4)cc3)c3[nH]c4ccccc4c3C[C@@H]2C)cc1. The fourth-order valence-corrected chi connectivity index (χ4v) is 6.70. The molecule has 9 heteroatoms. The number of nitrogens with zero attached hydrogens (tertiary/aromatic N) is 2. The predicted molar refractivity (Wildman–Crippen MR) is 154 cm³/mol. The first-order valence-electron chi connectivity index (χ1n) is 13.6. The second kappa shape index (κ2) is 10.7. The van der Waals surface area contributed by atoms with Gasteiger partial charge in [0, 0.05) is 41.4 Å². The molecule has 8 nitrogen and oxygen atoms in total. The minimum atomic E-state index is -4.08. The zero-order valence-electron chi connectivity index (χ0n) is 22.7. The first-order chi connectivity index (χ1) is 19.3. The topological polar surface area (TPSA) is 91.9 Å². The lowest BCUT2D eigenvalue weighted by atomic mass is 9.88. The van der Waals surface area contributed by atoms with E-state index < -0.39 is 22.8 Å². The number of carbonyl (C=O) groups excluding carboxylic acids is 1. The lowest BCUT2D eigenvalue weighted by Gasteiger charge is -2.41. The van der Waals surface area contributed by atoms with Crippen molar-refractivity contribution in [3.63, 3.8) is 0 Å². The Labute approximate surface area is 234 Å². The van der Waals surface area contributed by atoms with Gasteiger partial charge in [-0.2, -0.15) is 8.42 Å². The molecule has 2 atom stereocenters. The highest BCUT2D eigenvalue weighted by molar-refractivity contribution is 7.86. The van der Waals surface area contributed by atoms with Crippen molar-refractivity contribution in [3.8, 4) is 0 Å². The second-order valence-corrected chi connectivity index (χ2v) is 12.2. The average Bonchev–Trinajstić information content (AvgIpc) is 3.34. The van der Waals surface area contributed by atoms with Crippen molar-refractivity contribution in [2.75, 3.05) is 37.8 Å². The van der Waals surface area contributed by atoms with Crippen molar-refractivity contribution in [1.82, 2.24) is 9.88 Å². The van der Waals surface area contributed by atoms with Crippen LogP contribution in [-0.4, -0.2) is 63.2 Å². The molecule has 6 rings (SSSR count). The maximum Gasteiger partial charge on any atom is 0.297 e. The summed E-state index contributed by atoms with van der Waals surface area (Å²) in [5.41, 5.74) is 6.15. The number of hydrogen-bond acceptors (Lipinski definition) is 6. The molecule has 1 fully saturated rings. The number of carbonyl (C=O) groups is 1. The van der Waals surface area contributed by atoms with Crippen LogP contribution in [0.4, 0.5) is 5.69 Å². The van der Waals surface area contributed by atoms with E-state index in [2.05, 4.69) is 40.2 Å². The predicted octanol–water partition coefficient (Wildman–Crippen LogP) is 4.58. The summed E-state index contributed by atoms with van der Waals surface area (Å²) < 4.78 is 36.5. The van der Waals surface area contributed by atoms with Crippen molar-refractivity contribution < 1.29 is 22.1 Å². The molecule has 0 spiro atoms. The number of nitrogens with one attached hydrogen (secondary N) is 1. The van der Waals surface area contributed by atoms with Gasteiger partial charge >= 0.3 is 0 Å². The van der Waals surface area contributed by atoms with Crippen LogP contribution in [0, 0.1) is 6.92 Å². The first kappa shape index (κ1) is 26.6. The Morgan fingerprint density at radius 2 is 1.70 bits per heavy atom. The van der Waals surface area contributed by atoms with E-state index in [4.69, 9.17) is 8.92 Å². The van der Waals surface area contributed by atoms with E-state index in [1.165, 1.54) is 17.7 Å². The lowest BCUT2D eigenvalue weighted by molar-refractivity contribution is -0.138. The molecule has 0 saturated carbocycles. The maximum absolute atomic E-state index is 13.8. The average molecular weight is 560 g/mol. The number of anilines is 1. The van der Waals surface area contributed by atoms with Gasteiger partial charge in [-0.05, 0) is 61.7 Å². The third-order valence-electron chi connectivity index (χ3n) is 7.89. The van der Waals surface area contributed by atoms with Gasteiger partial charge in [-0.3, -0.25) is 8.98 Å². The standard InChI is InChI=1S/C31H33N3O5S/c1-21-7-13-25(14-8-21)40(36,37)39-20-29(35)34-22(2)19-27-26-5-3-4-6-28(26)32-30(27)31(34)23-9-11-24(12-10-23)33-15-17-38-18-16-33/h3-14,22,31-32H,15-20H2,1-2H3/t22-,31-/m0/s1. The normalized spacial score (nSPS) is 19.6. The zero-order valence-corrected chi connectivity index (χ0v) is 23.5. The zero-order chi connectivity index (χ0) is 27.9. The number of hydrogen-bond donors (Lipinski definition) is 1. The molecular formula is C31H33N3O5S. The van der Waals surface area contributed by atoms with Gasteiger partial charge in [0.05, 0.1) is 24.2 Å². The molecule has 0 radical (unpaired) electrons. The number of ether oxygens (including phenoxy) is 1. The van der Waals surface area contributed by atoms with E-state index in [0.717, 1.165) is 46.5 Å². The Morgan fingerprint density at radius 3 is 2.42 bits per heavy atom. The van der Waals surface area contributed by atoms with Gasteiger partial charge in [-0.25, -0.2) is 0 Å². The largest absolute Gasteiger partial charge is 0.378 e. The number of morpholine rings is 1. The molecule has 2 aliphatic heterocycles. The summed E-state index contributed by atoms with van der Waals surface area (Å²) in [6, 6.07) is 22.3. The van der Waals surface area contributed by atoms with Gasteiger partial charge < -0.3 is 19.5 Å². The van der Waals surface area contributed by atoms with Crippen LogP contribution in [0.5, 0.6) is 0 Å². The molecule has 1 amide bonds. The summed E-state index contributed by atoms with van der Waals surface area (Å²) in [5.74, 6) is -0.380. The van der Waals surface area contributed by atoms with Crippen LogP contribution >= 0.6 is 0 Å². The summed E-state index contributed by atoms with van der Waals surface area (Å²) >= 11 is 0. The third-order valence-corrected chi connectivity index (χ3v) is 9.17. The minimum Gasteiger partial charge on any atom is -0.378 e. The molecule has 1 N–H and O–H groups in total. The molecule has 3 heterocycles. The van der Waals surface area contributed by atoms with Gasteiger partial charge in [0.15, 0.2) is 0 Å². The van der Waals surface area contributed by atoms with Crippen molar-refractivity contribution >= 4 is 32.6 Å². The fourth-order valence-electron chi connectivity index (χ4n) is 5.84. The fraction of sp³-hybridized carbons (Fsp3) is 0.323. The summed E-state index contributed by atoms with van der Waals surface area (Å²) in [6.07, 6.45) is 0.651. The number of para-hydroxylation sites is 1. The van der Waals surface area contributed by atoms with Crippen LogP contribution in [0.15, 0.2) is 77.7 Å². The number of rotatable bonds is 6. The van der Waals surface area contributed by atoms with Crippen LogP contribution in [0.2, 0.25) is 0 Å². The molecule has 4 aromatic rings. The van der Waals surface area contributed by atoms with Crippen LogP contribution in [0.3, 0.4) is 0 Å². The Kier molecular flexibility index (Phi) is 7.12. The van der Waals surface area contributed by atoms with E-state index in [0.29, 0.717) is 19.6 Å². The van der Waals surface area contributed by atoms with E-state index in [1.54, 1.807) is 17.0 Å². The summed E-state index contributed by atoms with van der Waals surface area (Å²) in [5, 5.41) is 1.14. The van der Waals surface area contributed by atoms with Gasteiger partial charge in [0.1, 0.15) is 6.61 Å². The van der Waals surface area contributed by atoms with Gasteiger partial charge in [-0.15, -0.1) is 0 Å². The number of aromatic amines is 1. The van der Waals surface area contributed by atoms with Crippen LogP contribution in [-0.2, 0) is 30.3 Å². The Morgan fingerprint density at radius 1 is 1.00 bits per heavy atom. The number of aryl methyl sites for hydroxylation is 1. The Hall–Kier alpha value is -3.66. The van der Waals surface area contributed by atoms with Crippen molar-refractivity contribution in [2.45, 2.75) is 37.2 Å². The van der Waals surface area contributed by atoms with Crippen LogP contribution < -0.4 is 4.90 Å². The summed E-state index contributed by atoms with van der Waals surface area (Å²) in [6.45, 7) is 6.39. The van der Waals surface area contributed by atoms with E-state index >= 15 is 0 Å². The van der Waals surface area contributed by atoms with E-state index in [9.17, 15) is 13.2 Å². The summed E-state index contributed by atoms with van der Waals surface area (Å²) in [4.78, 5) is 21.4. The molecule has 0 unspecified atom stereocenters. The number of fused-ring (bicyclic) bond motifs is 3. The molecule has 0 aliphatic carbocycles. The van der Waals surface area contributed by atoms with Gasteiger partial charge in [0.2, 0.25) is 0 Å². The molecule has 3 aromatic carbocycles. The quantitative estimate of drug-likeness (QED) is 0.348. The number of benzene rings is 3. The monoisotopic (exact) mass is 559 g/mol. The molecule has 0 bridgehead atoms. The maximum atomic E-state index is 13.8. The second-order valence-electron chi connectivity index (χ2n) is 10.5. The molecule has 1 saturated heterocycles. The van der Waals surface area contributed by atoms with E-state index in [-0.39, 0.29) is 16.8 Å². The van der Waals surface area contributed by atoms with Crippen molar-refractivity contribution in [1.29, 1.82) is 0 Å². The summed E-state index contributed by atoms with van der Waals surface area (Å²) in [7, 11) is -4.08. The number of amides is 1. The third kappa shape index (κ3) is 5.00. The smallest absolute Gasteiger partial charge is 0.297 e.